The van der Waals surface area contributed by atoms with E-state index in [0.29, 0.717) is 32.5 Å². The lowest BCUT2D eigenvalue weighted by Crippen LogP contribution is -2.50. The zero-order valence-electron chi connectivity index (χ0n) is 16.5. The Kier molecular flexibility index (Phi) is 5.37. The van der Waals surface area contributed by atoms with E-state index in [1.807, 2.05) is 27.7 Å². The first kappa shape index (κ1) is 19.5. The van der Waals surface area contributed by atoms with Gasteiger partial charge in [0.25, 0.3) is 5.91 Å². The number of nitrogens with zero attached hydrogens (tertiary/aromatic N) is 4. The maximum atomic E-state index is 13.2. The molecule has 2 aliphatic heterocycles. The molecule has 0 N–H and O–H groups in total. The highest BCUT2D eigenvalue weighted by Crippen LogP contribution is 2.39. The molecule has 0 spiro atoms. The number of carbonyl (C=O) groups is 2. The second-order valence-corrected chi connectivity index (χ2v) is 8.47. The van der Waals surface area contributed by atoms with Crippen LogP contribution in [-0.4, -0.2) is 57.2 Å². The summed E-state index contributed by atoms with van der Waals surface area (Å²) in [7, 11) is 0. The molecule has 0 bridgehead atoms. The molecule has 1 atom stereocenters. The number of amides is 2. The Labute approximate surface area is 159 Å². The molecule has 0 aliphatic carbocycles. The molecule has 0 unspecified atom stereocenters. The smallest absolute Gasteiger partial charge is 0.410 e. The van der Waals surface area contributed by atoms with Crippen LogP contribution in [0.5, 0.6) is 0 Å². The van der Waals surface area contributed by atoms with E-state index in [4.69, 9.17) is 9.57 Å². The van der Waals surface area contributed by atoms with Crippen molar-refractivity contribution in [3.63, 3.8) is 0 Å². The van der Waals surface area contributed by atoms with Gasteiger partial charge in [0.2, 0.25) is 0 Å². The zero-order chi connectivity index (χ0) is 19.7. The summed E-state index contributed by atoms with van der Waals surface area (Å²) in [6, 6.07) is -0.167. The molecule has 0 aromatic carbocycles. The van der Waals surface area contributed by atoms with Gasteiger partial charge in [0.05, 0.1) is 18.1 Å². The highest BCUT2D eigenvalue weighted by molar-refractivity contribution is 5.82. The van der Waals surface area contributed by atoms with Crippen LogP contribution in [-0.2, 0) is 14.4 Å². The minimum atomic E-state index is -0.573. The fraction of sp³-hybridized carbons (Fsp3) is 0.684. The topological polar surface area (TPSA) is 84.9 Å². The Morgan fingerprint density at radius 1 is 1.22 bits per heavy atom. The highest BCUT2D eigenvalue weighted by Gasteiger charge is 2.45. The van der Waals surface area contributed by atoms with E-state index >= 15 is 0 Å². The molecular weight excluding hydrogens is 348 g/mol. The molecule has 8 heteroatoms. The first-order valence-corrected chi connectivity index (χ1v) is 9.39. The van der Waals surface area contributed by atoms with Gasteiger partial charge in [0, 0.05) is 37.5 Å². The molecule has 27 heavy (non-hydrogen) atoms. The van der Waals surface area contributed by atoms with Crippen molar-refractivity contribution in [1.82, 2.24) is 19.9 Å². The van der Waals surface area contributed by atoms with E-state index in [9.17, 15) is 9.59 Å². The summed E-state index contributed by atoms with van der Waals surface area (Å²) in [4.78, 5) is 40.9. The molecule has 8 nitrogen and oxygen atoms in total. The predicted octanol–water partition coefficient (Wildman–Crippen LogP) is 2.72. The normalized spacial score (nSPS) is 22.6. The Morgan fingerprint density at radius 3 is 2.44 bits per heavy atom. The molecule has 3 heterocycles. The lowest BCUT2D eigenvalue weighted by atomic mass is 9.79. The average molecular weight is 376 g/mol. The van der Waals surface area contributed by atoms with Crippen molar-refractivity contribution < 1.29 is 19.2 Å². The largest absolute Gasteiger partial charge is 0.444 e. The van der Waals surface area contributed by atoms with E-state index < -0.39 is 11.0 Å². The van der Waals surface area contributed by atoms with Gasteiger partial charge < -0.3 is 9.64 Å². The third-order valence-electron chi connectivity index (χ3n) is 5.11. The van der Waals surface area contributed by atoms with Gasteiger partial charge in [0.15, 0.2) is 0 Å². The molecular formula is C19H28N4O4. The van der Waals surface area contributed by atoms with E-state index in [-0.39, 0.29) is 18.0 Å². The Morgan fingerprint density at radius 2 is 1.85 bits per heavy atom. The molecule has 2 fully saturated rings. The number of carbonyl (C=O) groups excluding carboxylic acids is 2. The molecule has 3 rings (SSSR count). The number of likely N-dealkylation sites (tertiary alicyclic amines) is 1. The van der Waals surface area contributed by atoms with Crippen molar-refractivity contribution in [2.75, 3.05) is 19.7 Å². The van der Waals surface area contributed by atoms with Crippen LogP contribution >= 0.6 is 0 Å². The molecule has 2 aliphatic rings. The lowest BCUT2D eigenvalue weighted by Gasteiger charge is -2.40. The number of hydroxylamine groups is 2. The van der Waals surface area contributed by atoms with Crippen LogP contribution in [0.2, 0.25) is 0 Å². The number of ether oxygens (including phenoxy) is 1. The number of rotatable bonds is 2. The zero-order valence-corrected chi connectivity index (χ0v) is 16.5. The van der Waals surface area contributed by atoms with Crippen LogP contribution in [0.1, 0.15) is 58.6 Å². The van der Waals surface area contributed by atoms with Gasteiger partial charge in [-0.15, -0.1) is 0 Å². The summed E-state index contributed by atoms with van der Waals surface area (Å²) in [6.07, 6.45) is 6.46. The van der Waals surface area contributed by atoms with Crippen LogP contribution in [0.3, 0.4) is 0 Å². The second-order valence-electron chi connectivity index (χ2n) is 8.47. The van der Waals surface area contributed by atoms with E-state index in [1.165, 1.54) is 11.4 Å². The average Bonchev–Trinajstić information content (AvgIpc) is 3.10. The summed E-state index contributed by atoms with van der Waals surface area (Å²) in [5.41, 5.74) is -0.225. The maximum Gasteiger partial charge on any atom is 0.410 e. The number of hydrogen-bond acceptors (Lipinski definition) is 6. The highest BCUT2D eigenvalue weighted by atomic mass is 16.7. The maximum absolute atomic E-state index is 13.2. The minimum Gasteiger partial charge on any atom is -0.444 e. The first-order chi connectivity index (χ1) is 12.7. The third kappa shape index (κ3) is 4.37. The van der Waals surface area contributed by atoms with Crippen molar-refractivity contribution in [2.24, 2.45) is 5.41 Å². The summed E-state index contributed by atoms with van der Waals surface area (Å²) < 4.78 is 5.43. The monoisotopic (exact) mass is 376 g/mol. The summed E-state index contributed by atoms with van der Waals surface area (Å²) >= 11 is 0. The Hall–Kier alpha value is -2.22. The van der Waals surface area contributed by atoms with Gasteiger partial charge >= 0.3 is 6.09 Å². The van der Waals surface area contributed by atoms with Crippen LogP contribution in [0, 0.1) is 5.41 Å². The van der Waals surface area contributed by atoms with E-state index in [1.54, 1.807) is 17.3 Å². The first-order valence-electron chi connectivity index (χ1n) is 9.39. The molecule has 1 aromatic heterocycles. The summed E-state index contributed by atoms with van der Waals surface area (Å²) in [5, 5.41) is 1.49. The van der Waals surface area contributed by atoms with Gasteiger partial charge in [-0.2, -0.15) is 0 Å². The van der Waals surface area contributed by atoms with Crippen LogP contribution in [0.15, 0.2) is 18.7 Å². The standard InChI is InChI=1S/C19H28N4O4/c1-18(2,3)27-17(25)22-8-6-19(4,7-9-22)16(24)23-15(5-10-26-23)14-11-20-13-21-12-14/h11-13,15H,5-10H2,1-4H3/t15-/m0/s1. The lowest BCUT2D eigenvalue weighted by molar-refractivity contribution is -0.190. The van der Waals surface area contributed by atoms with Crippen molar-refractivity contribution >= 4 is 12.0 Å². The van der Waals surface area contributed by atoms with Gasteiger partial charge in [-0.3, -0.25) is 9.63 Å². The fourth-order valence-corrected chi connectivity index (χ4v) is 3.44. The van der Waals surface area contributed by atoms with Crippen LogP contribution in [0.4, 0.5) is 4.79 Å². The summed E-state index contributed by atoms with van der Waals surface area (Å²) in [6.45, 7) is 8.96. The minimum absolute atomic E-state index is 0.0438. The van der Waals surface area contributed by atoms with Gasteiger partial charge in [0.1, 0.15) is 11.9 Å². The molecule has 148 valence electrons. The number of aromatic nitrogens is 2. The molecule has 1 aromatic rings. The van der Waals surface area contributed by atoms with E-state index in [2.05, 4.69) is 9.97 Å². The van der Waals surface area contributed by atoms with Crippen molar-refractivity contribution in [3.05, 3.63) is 24.3 Å². The van der Waals surface area contributed by atoms with E-state index in [0.717, 1.165) is 12.0 Å². The van der Waals surface area contributed by atoms with Gasteiger partial charge in [-0.25, -0.2) is 19.8 Å². The Bertz CT molecular complexity index is 681. The second kappa shape index (κ2) is 7.42. The van der Waals surface area contributed by atoms with Crippen molar-refractivity contribution in [1.29, 1.82) is 0 Å². The molecule has 2 saturated heterocycles. The molecule has 0 radical (unpaired) electrons. The number of hydrogen-bond donors (Lipinski definition) is 0. The SMILES string of the molecule is CC(C)(C)OC(=O)N1CCC(C)(C(=O)N2OCC[C@H]2c2cncnc2)CC1. The van der Waals surface area contributed by atoms with Crippen molar-refractivity contribution in [3.8, 4) is 0 Å². The predicted molar refractivity (Wildman–Crippen MR) is 97.3 cm³/mol. The van der Waals surface area contributed by atoms with Crippen molar-refractivity contribution in [2.45, 2.75) is 58.6 Å². The molecule has 0 saturated carbocycles. The van der Waals surface area contributed by atoms with Gasteiger partial charge in [-0.05, 0) is 33.6 Å². The van der Waals surface area contributed by atoms with Crippen LogP contribution in [0.25, 0.3) is 0 Å². The third-order valence-corrected chi connectivity index (χ3v) is 5.11. The summed E-state index contributed by atoms with van der Waals surface area (Å²) in [5.74, 6) is -0.0438. The number of piperidine rings is 1. The fourth-order valence-electron chi connectivity index (χ4n) is 3.44. The Balaban J connectivity index is 1.64. The quantitative estimate of drug-likeness (QED) is 0.789. The molecule has 2 amide bonds. The van der Waals surface area contributed by atoms with Crippen LogP contribution < -0.4 is 0 Å². The van der Waals surface area contributed by atoms with Gasteiger partial charge in [-0.1, -0.05) is 6.92 Å².